The summed E-state index contributed by atoms with van der Waals surface area (Å²) in [6.45, 7) is 8.38. The van der Waals surface area contributed by atoms with E-state index >= 15 is 0 Å². The Kier molecular flexibility index (Phi) is 9.83. The molecule has 2 atom stereocenters. The van der Waals surface area contributed by atoms with Gasteiger partial charge < -0.3 is 34.2 Å². The molecule has 0 unspecified atom stereocenters. The van der Waals surface area contributed by atoms with Crippen molar-refractivity contribution in [2.45, 2.75) is 89.8 Å². The number of benzene rings is 2. The number of ether oxygens (including phenoxy) is 3. The van der Waals surface area contributed by atoms with Crippen molar-refractivity contribution in [1.29, 1.82) is 0 Å². The molecule has 2 aliphatic heterocycles. The summed E-state index contributed by atoms with van der Waals surface area (Å²) < 4.78 is 32.7. The van der Waals surface area contributed by atoms with Crippen LogP contribution < -0.4 is 24.6 Å². The average Bonchev–Trinajstić information content (AvgIpc) is 3.53. The first-order valence-corrected chi connectivity index (χ1v) is 20.5. The molecule has 2 amide bonds. The van der Waals surface area contributed by atoms with Crippen LogP contribution in [0.25, 0.3) is 16.9 Å². The van der Waals surface area contributed by atoms with Gasteiger partial charge in [-0.1, -0.05) is 24.3 Å². The molecule has 2 aliphatic carbocycles. The van der Waals surface area contributed by atoms with Gasteiger partial charge in [0, 0.05) is 57.0 Å². The number of fused-ring (bicyclic) bond motifs is 2. The maximum atomic E-state index is 13.8. The number of carbonyl (C=O) groups excluding carboxylic acids is 2. The third kappa shape index (κ3) is 7.84. The first kappa shape index (κ1) is 38.6. The third-order valence-electron chi connectivity index (χ3n) is 12.1. The van der Waals surface area contributed by atoms with Gasteiger partial charge in [-0.25, -0.2) is 18.7 Å². The van der Waals surface area contributed by atoms with Crippen LogP contribution in [0.15, 0.2) is 73.1 Å². The summed E-state index contributed by atoms with van der Waals surface area (Å²) in [4.78, 5) is 41.5. The molecule has 59 heavy (non-hydrogen) atoms. The SMILES string of the molecule is COc1ccc(CN(C)c2cc(N3CCc4c(-c5ccc(OC6CC7(CCN(C(=O)OC(C)(C)C)CC7)C6)cn5)cccc43)nn3c(C(=O)N[C@@H]4C[C@@H]4F)cnc23)cc1. The first-order chi connectivity index (χ1) is 28.3. The van der Waals surface area contributed by atoms with E-state index in [2.05, 4.69) is 32.2 Å². The fourth-order valence-electron chi connectivity index (χ4n) is 8.75. The minimum absolute atomic E-state index is 0.131. The normalized spacial score (nSPS) is 19.6. The molecular formula is C45H51FN8O5. The fourth-order valence-corrected chi connectivity index (χ4v) is 8.75. The number of carbonyl (C=O) groups is 2. The van der Waals surface area contributed by atoms with Crippen molar-refractivity contribution in [3.8, 4) is 22.8 Å². The van der Waals surface area contributed by atoms with Crippen LogP contribution >= 0.6 is 0 Å². The average molecular weight is 803 g/mol. The number of amides is 2. The Morgan fingerprint density at radius 3 is 2.41 bits per heavy atom. The molecule has 5 heterocycles. The Labute approximate surface area is 343 Å². The quantitative estimate of drug-likeness (QED) is 0.152. The lowest BCUT2D eigenvalue weighted by Crippen LogP contribution is -2.52. The van der Waals surface area contributed by atoms with E-state index in [1.807, 2.05) is 87.4 Å². The number of alkyl halides is 1. The zero-order valence-electron chi connectivity index (χ0n) is 34.3. The lowest BCUT2D eigenvalue weighted by molar-refractivity contribution is -0.0584. The number of rotatable bonds is 10. The number of nitrogens with zero attached hydrogens (tertiary/aromatic N) is 7. The van der Waals surface area contributed by atoms with E-state index in [0.717, 1.165) is 77.4 Å². The van der Waals surface area contributed by atoms with Crippen molar-refractivity contribution < 1.29 is 28.2 Å². The van der Waals surface area contributed by atoms with E-state index in [1.165, 1.54) is 6.20 Å². The number of imidazole rings is 1. The summed E-state index contributed by atoms with van der Waals surface area (Å²) in [6.07, 6.45) is 7.16. The summed E-state index contributed by atoms with van der Waals surface area (Å²) in [5.41, 5.74) is 6.46. The minimum atomic E-state index is -1.03. The van der Waals surface area contributed by atoms with E-state index in [1.54, 1.807) is 11.6 Å². The van der Waals surface area contributed by atoms with Crippen LogP contribution in [-0.2, 0) is 17.7 Å². The lowest BCUT2D eigenvalue weighted by Gasteiger charge is -2.51. The highest BCUT2D eigenvalue weighted by atomic mass is 19.1. The maximum Gasteiger partial charge on any atom is 0.410 e. The Hall–Kier alpha value is -5.92. The van der Waals surface area contributed by atoms with Crippen molar-refractivity contribution in [2.24, 2.45) is 5.41 Å². The highest BCUT2D eigenvalue weighted by Crippen LogP contribution is 2.50. The molecule has 9 rings (SSSR count). The third-order valence-corrected chi connectivity index (χ3v) is 12.1. The molecule has 3 aromatic heterocycles. The molecule has 308 valence electrons. The van der Waals surface area contributed by atoms with Gasteiger partial charge in [-0.15, -0.1) is 5.10 Å². The van der Waals surface area contributed by atoms with Crippen LogP contribution in [0.5, 0.6) is 11.5 Å². The highest BCUT2D eigenvalue weighted by Gasteiger charge is 2.48. The Morgan fingerprint density at radius 1 is 0.983 bits per heavy atom. The predicted molar refractivity (Wildman–Crippen MR) is 222 cm³/mol. The number of anilines is 3. The van der Waals surface area contributed by atoms with Crippen LogP contribution in [0.4, 0.5) is 26.4 Å². The zero-order chi connectivity index (χ0) is 41.1. The molecule has 2 aromatic carbocycles. The number of methoxy groups -OCH3 is 1. The number of pyridine rings is 1. The zero-order valence-corrected chi connectivity index (χ0v) is 34.3. The molecule has 2 saturated carbocycles. The summed E-state index contributed by atoms with van der Waals surface area (Å²) >= 11 is 0. The molecular weight excluding hydrogens is 752 g/mol. The molecule has 1 saturated heterocycles. The molecule has 13 nitrogen and oxygen atoms in total. The molecule has 4 aliphatic rings. The minimum Gasteiger partial charge on any atom is -0.497 e. The number of halogens is 1. The molecule has 1 spiro atoms. The van der Waals surface area contributed by atoms with Crippen molar-refractivity contribution in [3.63, 3.8) is 0 Å². The maximum absolute atomic E-state index is 13.8. The number of piperidine rings is 1. The molecule has 1 N–H and O–H groups in total. The van der Waals surface area contributed by atoms with Crippen LogP contribution in [0.2, 0.25) is 0 Å². The van der Waals surface area contributed by atoms with Gasteiger partial charge in [0.25, 0.3) is 5.91 Å². The Morgan fingerprint density at radius 2 is 1.73 bits per heavy atom. The summed E-state index contributed by atoms with van der Waals surface area (Å²) in [7, 11) is 3.64. The van der Waals surface area contributed by atoms with Crippen molar-refractivity contribution >= 4 is 34.8 Å². The summed E-state index contributed by atoms with van der Waals surface area (Å²) in [5, 5.41) is 7.78. The van der Waals surface area contributed by atoms with Gasteiger partial charge in [0.05, 0.1) is 43.0 Å². The molecule has 0 radical (unpaired) electrons. The second-order valence-electron chi connectivity index (χ2n) is 17.5. The van der Waals surface area contributed by atoms with E-state index < -0.39 is 23.7 Å². The monoisotopic (exact) mass is 802 g/mol. The Bertz CT molecular complexity index is 2360. The molecule has 14 heteroatoms. The smallest absolute Gasteiger partial charge is 0.410 e. The van der Waals surface area contributed by atoms with Crippen molar-refractivity contribution in [2.75, 3.05) is 43.6 Å². The van der Waals surface area contributed by atoms with E-state index in [0.29, 0.717) is 44.1 Å². The number of likely N-dealkylation sites (tertiary alicyclic amines) is 1. The van der Waals surface area contributed by atoms with Crippen LogP contribution in [0, 0.1) is 5.41 Å². The first-order valence-electron chi connectivity index (χ1n) is 20.5. The summed E-state index contributed by atoms with van der Waals surface area (Å²) in [5.74, 6) is 1.79. The van der Waals surface area contributed by atoms with Crippen LogP contribution in [0.3, 0.4) is 0 Å². The number of hydrogen-bond acceptors (Lipinski definition) is 10. The lowest BCUT2D eigenvalue weighted by atomic mass is 9.61. The number of hydrogen-bond donors (Lipinski definition) is 1. The van der Waals surface area contributed by atoms with E-state index in [9.17, 15) is 14.0 Å². The van der Waals surface area contributed by atoms with Gasteiger partial charge in [-0.2, -0.15) is 0 Å². The second kappa shape index (κ2) is 15.0. The largest absolute Gasteiger partial charge is 0.497 e. The van der Waals surface area contributed by atoms with Crippen molar-refractivity contribution in [1.82, 2.24) is 29.8 Å². The van der Waals surface area contributed by atoms with Gasteiger partial charge in [0.1, 0.15) is 23.3 Å². The van der Waals surface area contributed by atoms with Crippen LogP contribution in [-0.4, -0.2) is 94.2 Å². The number of nitrogens with one attached hydrogen (secondary N) is 1. The fraction of sp³-hybridized carbons (Fsp3) is 0.444. The molecule has 0 bridgehead atoms. The standard InChI is InChI=1S/C45H51FN8O5/c1-44(2,3)59-43(56)52-19-16-45(17-20-52)23-31(24-45)58-30-13-14-35(47-25-30)32-7-6-8-37-33(32)15-18-53(37)40-22-38(51(4)27-28-9-11-29(57-5)12-10-28)41-48-26-39(54(41)50-40)42(55)49-36-21-34(36)46/h6-14,22,25-26,31,34,36H,15-21,23-24,27H2,1-5H3,(H,49,55)/t34-,36+/m0/s1. The van der Waals surface area contributed by atoms with Gasteiger partial charge in [-0.3, -0.25) is 9.78 Å². The van der Waals surface area contributed by atoms with E-state index in [4.69, 9.17) is 24.3 Å². The highest BCUT2D eigenvalue weighted by molar-refractivity contribution is 5.94. The van der Waals surface area contributed by atoms with Gasteiger partial charge in [0.15, 0.2) is 17.2 Å². The van der Waals surface area contributed by atoms with Gasteiger partial charge in [0.2, 0.25) is 0 Å². The Balaban J connectivity index is 0.917. The van der Waals surface area contributed by atoms with Gasteiger partial charge >= 0.3 is 6.09 Å². The van der Waals surface area contributed by atoms with E-state index in [-0.39, 0.29) is 23.3 Å². The summed E-state index contributed by atoms with van der Waals surface area (Å²) in [6, 6.07) is 19.7. The molecule has 5 aromatic rings. The predicted octanol–water partition coefficient (Wildman–Crippen LogP) is 7.53. The second-order valence-corrected chi connectivity index (χ2v) is 17.5. The topological polar surface area (TPSA) is 127 Å². The van der Waals surface area contributed by atoms with Crippen molar-refractivity contribution in [3.05, 3.63) is 89.9 Å². The van der Waals surface area contributed by atoms with Crippen LogP contribution in [0.1, 0.15) is 74.5 Å². The number of aromatic nitrogens is 4. The van der Waals surface area contributed by atoms with Gasteiger partial charge in [-0.05, 0) is 99.7 Å². The molecule has 3 fully saturated rings.